The lowest BCUT2D eigenvalue weighted by Gasteiger charge is -2.30. The quantitative estimate of drug-likeness (QED) is 0.939. The van der Waals surface area contributed by atoms with Gasteiger partial charge in [0.15, 0.2) is 0 Å². The topological polar surface area (TPSA) is 61.2 Å². The maximum atomic E-state index is 5.54. The van der Waals surface area contributed by atoms with Crippen molar-refractivity contribution in [3.05, 3.63) is 29.6 Å². The molecule has 0 saturated heterocycles. The van der Waals surface area contributed by atoms with Crippen molar-refractivity contribution < 1.29 is 9.47 Å². The summed E-state index contributed by atoms with van der Waals surface area (Å²) < 4.78 is 12.7. The van der Waals surface area contributed by atoms with Gasteiger partial charge < -0.3 is 14.8 Å². The van der Waals surface area contributed by atoms with Gasteiger partial charge in [-0.05, 0) is 32.4 Å². The average molecular weight is 288 g/mol. The maximum absolute atomic E-state index is 5.54. The minimum absolute atomic E-state index is 0.110. The Kier molecular flexibility index (Phi) is 3.45. The van der Waals surface area contributed by atoms with E-state index < -0.39 is 0 Å². The van der Waals surface area contributed by atoms with Gasteiger partial charge in [0.1, 0.15) is 17.3 Å². The highest BCUT2D eigenvalue weighted by Crippen LogP contribution is 2.37. The summed E-state index contributed by atoms with van der Waals surface area (Å²) in [6.45, 7) is 4.05. The van der Waals surface area contributed by atoms with Crippen LogP contribution in [0, 0.1) is 6.92 Å². The Morgan fingerprint density at radius 1 is 1.29 bits per heavy atom. The molecular weight excluding hydrogens is 268 g/mol. The molecule has 1 N–H and O–H groups in total. The van der Waals surface area contributed by atoms with Crippen LogP contribution in [0.5, 0.6) is 11.5 Å². The molecule has 0 radical (unpaired) electrons. The molecule has 6 heteroatoms. The number of anilines is 1. The van der Waals surface area contributed by atoms with Crippen molar-refractivity contribution in [2.24, 2.45) is 0 Å². The molecule has 1 aromatic carbocycles. The van der Waals surface area contributed by atoms with Crippen LogP contribution in [0.2, 0.25) is 0 Å². The number of methoxy groups -OCH3 is 2. The molecule has 112 valence electrons. The molecule has 1 aliphatic rings. The van der Waals surface area contributed by atoms with Gasteiger partial charge in [0.2, 0.25) is 5.95 Å². The predicted octanol–water partition coefficient (Wildman–Crippen LogP) is 2.40. The van der Waals surface area contributed by atoms with Crippen LogP contribution in [0.3, 0.4) is 0 Å². The first-order chi connectivity index (χ1) is 10.1. The fourth-order valence-electron chi connectivity index (χ4n) is 2.81. The normalized spacial score (nSPS) is 20.6. The summed E-state index contributed by atoms with van der Waals surface area (Å²) in [6.07, 6.45) is 0.929. The summed E-state index contributed by atoms with van der Waals surface area (Å²) >= 11 is 0. The predicted molar refractivity (Wildman–Crippen MR) is 80.1 cm³/mol. The van der Waals surface area contributed by atoms with Crippen molar-refractivity contribution >= 4 is 5.95 Å². The molecule has 6 nitrogen and oxygen atoms in total. The molecule has 2 aromatic rings. The van der Waals surface area contributed by atoms with Crippen molar-refractivity contribution in [2.45, 2.75) is 32.4 Å². The number of nitrogens with zero attached hydrogens (tertiary/aromatic N) is 3. The zero-order valence-electron chi connectivity index (χ0n) is 12.8. The fourth-order valence-corrected chi connectivity index (χ4v) is 2.81. The highest BCUT2D eigenvalue weighted by molar-refractivity contribution is 5.45. The first kappa shape index (κ1) is 13.7. The van der Waals surface area contributed by atoms with Gasteiger partial charge in [0.25, 0.3) is 0 Å². The van der Waals surface area contributed by atoms with Gasteiger partial charge in [-0.3, -0.25) is 0 Å². The number of hydrogen-bond donors (Lipinski definition) is 1. The summed E-state index contributed by atoms with van der Waals surface area (Å²) in [5, 5.41) is 7.88. The Morgan fingerprint density at radius 2 is 2.10 bits per heavy atom. The number of aromatic nitrogens is 3. The third-order valence-corrected chi connectivity index (χ3v) is 3.78. The number of hydrogen-bond acceptors (Lipinski definition) is 5. The Morgan fingerprint density at radius 3 is 2.81 bits per heavy atom. The molecule has 0 bridgehead atoms. The van der Waals surface area contributed by atoms with E-state index in [0.717, 1.165) is 35.3 Å². The van der Waals surface area contributed by atoms with E-state index in [2.05, 4.69) is 22.3 Å². The Balaban J connectivity index is 2.07. The van der Waals surface area contributed by atoms with E-state index in [-0.39, 0.29) is 6.04 Å². The number of ether oxygens (including phenoxy) is 2. The monoisotopic (exact) mass is 288 g/mol. The zero-order chi connectivity index (χ0) is 15.0. The van der Waals surface area contributed by atoms with Crippen molar-refractivity contribution in [1.82, 2.24) is 14.8 Å². The first-order valence-electron chi connectivity index (χ1n) is 7.04. The Hall–Kier alpha value is -2.24. The van der Waals surface area contributed by atoms with Gasteiger partial charge in [-0.25, -0.2) is 4.68 Å². The van der Waals surface area contributed by atoms with Crippen LogP contribution in [-0.4, -0.2) is 35.0 Å². The van der Waals surface area contributed by atoms with Crippen LogP contribution in [0.1, 0.15) is 30.8 Å². The molecule has 0 unspecified atom stereocenters. The average Bonchev–Trinajstić information content (AvgIpc) is 2.85. The van der Waals surface area contributed by atoms with Crippen molar-refractivity contribution in [1.29, 1.82) is 0 Å². The first-order valence-corrected chi connectivity index (χ1v) is 7.04. The molecule has 2 heterocycles. The number of rotatable bonds is 3. The molecule has 0 amide bonds. The highest BCUT2D eigenvalue weighted by atomic mass is 16.5. The van der Waals surface area contributed by atoms with Gasteiger partial charge in [-0.2, -0.15) is 10.1 Å². The molecule has 0 fully saturated rings. The van der Waals surface area contributed by atoms with Crippen molar-refractivity contribution in [2.75, 3.05) is 19.5 Å². The molecule has 1 aromatic heterocycles. The molecule has 1 aliphatic heterocycles. The van der Waals surface area contributed by atoms with Crippen LogP contribution in [0.4, 0.5) is 5.95 Å². The van der Waals surface area contributed by atoms with Crippen LogP contribution < -0.4 is 14.8 Å². The lowest BCUT2D eigenvalue weighted by Crippen LogP contribution is -2.31. The molecular formula is C15H20N4O2. The standard InChI is InChI=1S/C15H20N4O2/c1-9-7-13(19-15(16-9)17-10(2)18-19)12-6-5-11(20-3)8-14(12)21-4/h5-6,8-9,13H,7H2,1-4H3,(H,16,17,18)/t9-,13-/m1/s1. The fraction of sp³-hybridized carbons (Fsp3) is 0.467. The van der Waals surface area contributed by atoms with Gasteiger partial charge in [0, 0.05) is 17.7 Å². The molecule has 3 rings (SSSR count). The Bertz CT molecular complexity index is 653. The van der Waals surface area contributed by atoms with E-state index in [0.29, 0.717) is 6.04 Å². The summed E-state index contributed by atoms with van der Waals surface area (Å²) in [6, 6.07) is 6.34. The van der Waals surface area contributed by atoms with Gasteiger partial charge in [0.05, 0.1) is 20.3 Å². The van der Waals surface area contributed by atoms with Crippen LogP contribution in [0.25, 0.3) is 0 Å². The molecule has 0 aliphatic carbocycles. The van der Waals surface area contributed by atoms with Gasteiger partial charge >= 0.3 is 0 Å². The van der Waals surface area contributed by atoms with E-state index in [1.54, 1.807) is 14.2 Å². The number of nitrogens with one attached hydrogen (secondary N) is 1. The zero-order valence-corrected chi connectivity index (χ0v) is 12.8. The van der Waals surface area contributed by atoms with E-state index in [9.17, 15) is 0 Å². The minimum atomic E-state index is 0.110. The second kappa shape index (κ2) is 5.27. The van der Waals surface area contributed by atoms with Gasteiger partial charge in [-0.15, -0.1) is 0 Å². The lowest BCUT2D eigenvalue weighted by molar-refractivity contribution is 0.372. The molecule has 2 atom stereocenters. The molecule has 21 heavy (non-hydrogen) atoms. The number of benzene rings is 1. The third kappa shape index (κ3) is 2.41. The molecule has 0 saturated carbocycles. The second-order valence-corrected chi connectivity index (χ2v) is 5.33. The summed E-state index contributed by atoms with van der Waals surface area (Å²) in [7, 11) is 3.33. The summed E-state index contributed by atoms with van der Waals surface area (Å²) in [5.74, 6) is 3.18. The summed E-state index contributed by atoms with van der Waals surface area (Å²) in [5.41, 5.74) is 1.10. The molecule has 0 spiro atoms. The van der Waals surface area contributed by atoms with Gasteiger partial charge in [-0.1, -0.05) is 0 Å². The number of fused-ring (bicyclic) bond motifs is 1. The minimum Gasteiger partial charge on any atom is -0.497 e. The van der Waals surface area contributed by atoms with E-state index >= 15 is 0 Å². The van der Waals surface area contributed by atoms with Crippen molar-refractivity contribution in [3.63, 3.8) is 0 Å². The third-order valence-electron chi connectivity index (χ3n) is 3.78. The van der Waals surface area contributed by atoms with E-state index in [1.807, 2.05) is 29.8 Å². The second-order valence-electron chi connectivity index (χ2n) is 5.33. The van der Waals surface area contributed by atoms with E-state index in [4.69, 9.17) is 9.47 Å². The van der Waals surface area contributed by atoms with E-state index in [1.165, 1.54) is 0 Å². The lowest BCUT2D eigenvalue weighted by atomic mass is 9.97. The SMILES string of the molecule is COc1ccc([C@H]2C[C@@H](C)Nc3nc(C)nn32)c(OC)c1. The maximum Gasteiger partial charge on any atom is 0.222 e. The highest BCUT2D eigenvalue weighted by Gasteiger charge is 2.29. The van der Waals surface area contributed by atoms with Crippen LogP contribution in [0.15, 0.2) is 18.2 Å². The van der Waals surface area contributed by atoms with Crippen LogP contribution >= 0.6 is 0 Å². The largest absolute Gasteiger partial charge is 0.497 e. The smallest absolute Gasteiger partial charge is 0.222 e. The van der Waals surface area contributed by atoms with Crippen molar-refractivity contribution in [3.8, 4) is 11.5 Å². The summed E-state index contributed by atoms with van der Waals surface area (Å²) in [4.78, 5) is 4.44. The Labute approximate surface area is 124 Å². The van der Waals surface area contributed by atoms with Crippen LogP contribution in [-0.2, 0) is 0 Å². The number of aryl methyl sites for hydroxylation is 1.